The van der Waals surface area contributed by atoms with E-state index in [1.165, 1.54) is 6.20 Å². The zero-order valence-electron chi connectivity index (χ0n) is 3.16. The van der Waals surface area contributed by atoms with E-state index in [0.29, 0.717) is 6.67 Å². The number of halogens is 1. The molecule has 0 fully saturated rings. The molecule has 3 heteroatoms. The third-order valence-electron chi connectivity index (χ3n) is 0.588. The molecule has 2 N–H and O–H groups in total. The van der Waals surface area contributed by atoms with E-state index < -0.39 is 0 Å². The van der Waals surface area contributed by atoms with Gasteiger partial charge in [0.05, 0.1) is 12.9 Å². The Labute approximate surface area is 35.0 Å². The maximum absolute atomic E-state index is 11.6. The molecule has 0 amide bonds. The van der Waals surface area contributed by atoms with E-state index in [4.69, 9.17) is 0 Å². The second kappa shape index (κ2) is 1.16. The van der Waals surface area contributed by atoms with Gasteiger partial charge in [0, 0.05) is 0 Å². The molecule has 1 rings (SSSR count). The average molecular weight is 88.1 g/mol. The van der Waals surface area contributed by atoms with Crippen molar-refractivity contribution in [3.63, 3.8) is 0 Å². The molecule has 0 aromatic rings. The highest BCUT2D eigenvalue weighted by Gasteiger charge is 1.94. The minimum absolute atomic E-state index is 0.282. The van der Waals surface area contributed by atoms with Crippen LogP contribution in [0.1, 0.15) is 0 Å². The first-order valence-electron chi connectivity index (χ1n) is 1.72. The van der Waals surface area contributed by atoms with Crippen molar-refractivity contribution in [2.45, 2.75) is 0 Å². The van der Waals surface area contributed by atoms with Crippen LogP contribution < -0.4 is 10.6 Å². The van der Waals surface area contributed by atoms with Gasteiger partial charge in [0.25, 0.3) is 0 Å². The van der Waals surface area contributed by atoms with Crippen molar-refractivity contribution >= 4 is 0 Å². The van der Waals surface area contributed by atoms with Crippen LogP contribution in [0.5, 0.6) is 0 Å². The van der Waals surface area contributed by atoms with Crippen molar-refractivity contribution in [2.75, 3.05) is 6.67 Å². The van der Waals surface area contributed by atoms with Crippen LogP contribution in [0.15, 0.2) is 12.2 Å². The molecule has 6 heavy (non-hydrogen) atoms. The van der Waals surface area contributed by atoms with Crippen LogP contribution in [0.3, 0.4) is 0 Å². The Bertz CT molecular complexity index is 78.9. The largest absolute Gasteiger partial charge is 0.370 e. The van der Waals surface area contributed by atoms with Crippen LogP contribution >= 0.6 is 0 Å². The molecular weight excluding hydrogens is 83.0 g/mol. The summed E-state index contributed by atoms with van der Waals surface area (Å²) in [4.78, 5) is 0. The maximum Gasteiger partial charge on any atom is 0.204 e. The van der Waals surface area contributed by atoms with Crippen LogP contribution in [0.2, 0.25) is 0 Å². The molecule has 2 nitrogen and oxygen atoms in total. The fourth-order valence-electron chi connectivity index (χ4n) is 0.327. The van der Waals surface area contributed by atoms with Gasteiger partial charge in [-0.25, -0.2) is 0 Å². The third kappa shape index (κ3) is 0.429. The van der Waals surface area contributed by atoms with E-state index >= 15 is 0 Å². The molecule has 0 atom stereocenters. The van der Waals surface area contributed by atoms with Crippen LogP contribution in [-0.2, 0) is 0 Å². The van der Waals surface area contributed by atoms with Crippen LogP contribution in [-0.4, -0.2) is 6.67 Å². The molecule has 1 aliphatic heterocycles. The lowest BCUT2D eigenvalue weighted by Crippen LogP contribution is -2.12. The molecule has 34 valence electrons. The Hall–Kier alpha value is -0.730. The minimum atomic E-state index is -0.282. The summed E-state index contributed by atoms with van der Waals surface area (Å²) < 4.78 is 11.6. The summed E-state index contributed by atoms with van der Waals surface area (Å²) in [5, 5.41) is 5.03. The molecule has 0 spiro atoms. The Balaban J connectivity index is 2.45. The Morgan fingerprint density at radius 3 is 2.83 bits per heavy atom. The van der Waals surface area contributed by atoms with Gasteiger partial charge in [-0.3, -0.25) is 0 Å². The zero-order valence-corrected chi connectivity index (χ0v) is 3.16. The number of hydrogen-bond donors (Lipinski definition) is 2. The fourth-order valence-corrected chi connectivity index (χ4v) is 0.327. The summed E-state index contributed by atoms with van der Waals surface area (Å²) in [5.74, 6) is -0.282. The lowest BCUT2D eigenvalue weighted by atomic mass is 10.9. The first-order valence-corrected chi connectivity index (χ1v) is 1.72. The molecule has 0 bridgehead atoms. The second-order valence-electron chi connectivity index (χ2n) is 1.05. The van der Waals surface area contributed by atoms with Gasteiger partial charge in [0.15, 0.2) is 0 Å². The number of rotatable bonds is 0. The van der Waals surface area contributed by atoms with Crippen molar-refractivity contribution < 1.29 is 4.39 Å². The highest BCUT2D eigenvalue weighted by molar-refractivity contribution is 4.92. The van der Waals surface area contributed by atoms with Crippen molar-refractivity contribution in [1.29, 1.82) is 0 Å². The summed E-state index contributed by atoms with van der Waals surface area (Å²) in [6, 6.07) is 0. The topological polar surface area (TPSA) is 24.1 Å². The van der Waals surface area contributed by atoms with Crippen molar-refractivity contribution in [3.05, 3.63) is 12.2 Å². The van der Waals surface area contributed by atoms with E-state index in [9.17, 15) is 4.39 Å². The van der Waals surface area contributed by atoms with Gasteiger partial charge in [-0.05, 0) is 0 Å². The standard InChI is InChI=1S/C3H5FN2/c4-3-1-5-2-6-3/h1,5-6H,2H2. The molecule has 0 aromatic carbocycles. The van der Waals surface area contributed by atoms with E-state index in [1.807, 2.05) is 0 Å². The van der Waals surface area contributed by atoms with Crippen molar-refractivity contribution in [1.82, 2.24) is 10.6 Å². The molecule has 1 aliphatic rings. The van der Waals surface area contributed by atoms with Gasteiger partial charge >= 0.3 is 0 Å². The maximum atomic E-state index is 11.6. The Kier molecular flexibility index (Phi) is 0.670. The van der Waals surface area contributed by atoms with E-state index in [2.05, 4.69) is 10.6 Å². The molecular formula is C3H5FN2. The summed E-state index contributed by atoms with van der Waals surface area (Å²) in [5.41, 5.74) is 0. The third-order valence-corrected chi connectivity index (χ3v) is 0.588. The summed E-state index contributed by atoms with van der Waals surface area (Å²) in [6.45, 7) is 0.520. The van der Waals surface area contributed by atoms with Crippen LogP contribution in [0.4, 0.5) is 4.39 Å². The highest BCUT2D eigenvalue weighted by Crippen LogP contribution is 1.89. The van der Waals surface area contributed by atoms with Gasteiger partial charge in [0.2, 0.25) is 5.95 Å². The molecule has 0 radical (unpaired) electrons. The second-order valence-corrected chi connectivity index (χ2v) is 1.05. The molecule has 0 unspecified atom stereocenters. The van der Waals surface area contributed by atoms with Crippen molar-refractivity contribution in [3.8, 4) is 0 Å². The fraction of sp³-hybridized carbons (Fsp3) is 0.333. The summed E-state index contributed by atoms with van der Waals surface area (Å²) >= 11 is 0. The monoisotopic (exact) mass is 88.0 g/mol. The molecule has 1 heterocycles. The van der Waals surface area contributed by atoms with Gasteiger partial charge < -0.3 is 10.6 Å². The van der Waals surface area contributed by atoms with Gasteiger partial charge in [-0.2, -0.15) is 4.39 Å². The molecule has 0 saturated carbocycles. The van der Waals surface area contributed by atoms with E-state index in [-0.39, 0.29) is 5.95 Å². The predicted octanol–water partition coefficient (Wildman–Crippen LogP) is -0.0949. The van der Waals surface area contributed by atoms with Crippen molar-refractivity contribution in [2.24, 2.45) is 0 Å². The first kappa shape index (κ1) is 3.46. The lowest BCUT2D eigenvalue weighted by Gasteiger charge is -1.84. The first-order chi connectivity index (χ1) is 2.89. The summed E-state index contributed by atoms with van der Waals surface area (Å²) in [6.07, 6.45) is 1.29. The average Bonchev–Trinajstić information content (AvgIpc) is 1.86. The highest BCUT2D eigenvalue weighted by atomic mass is 19.1. The predicted molar refractivity (Wildman–Crippen MR) is 20.3 cm³/mol. The number of hydrogen-bond acceptors (Lipinski definition) is 2. The van der Waals surface area contributed by atoms with E-state index in [1.54, 1.807) is 0 Å². The quantitative estimate of drug-likeness (QED) is 0.404. The van der Waals surface area contributed by atoms with Gasteiger partial charge in [-0.1, -0.05) is 0 Å². The lowest BCUT2D eigenvalue weighted by molar-refractivity contribution is 0.571. The zero-order chi connectivity index (χ0) is 4.41. The van der Waals surface area contributed by atoms with Crippen LogP contribution in [0.25, 0.3) is 0 Å². The molecule has 0 aliphatic carbocycles. The summed E-state index contributed by atoms with van der Waals surface area (Å²) in [7, 11) is 0. The smallest absolute Gasteiger partial charge is 0.204 e. The van der Waals surface area contributed by atoms with Gasteiger partial charge in [0.1, 0.15) is 0 Å². The van der Waals surface area contributed by atoms with Gasteiger partial charge in [-0.15, -0.1) is 0 Å². The molecule has 0 saturated heterocycles. The SMILES string of the molecule is FC1=CNCN1. The molecule has 0 aromatic heterocycles. The van der Waals surface area contributed by atoms with E-state index in [0.717, 1.165) is 0 Å². The Morgan fingerprint density at radius 1 is 1.83 bits per heavy atom. The Morgan fingerprint density at radius 2 is 2.67 bits per heavy atom. The van der Waals surface area contributed by atoms with Crippen LogP contribution in [0, 0.1) is 0 Å². The number of nitrogens with one attached hydrogen (secondary N) is 2. The minimum Gasteiger partial charge on any atom is -0.370 e. The normalized spacial score (nSPS) is 18.5.